The molecule has 0 spiro atoms. The topological polar surface area (TPSA) is 82.8 Å². The highest BCUT2D eigenvalue weighted by Crippen LogP contribution is 2.30. The van der Waals surface area contributed by atoms with Gasteiger partial charge in [-0.3, -0.25) is 4.79 Å². The number of benzene rings is 1. The molecule has 2 aromatic rings. The molecule has 36 heavy (non-hydrogen) atoms. The molecule has 1 aliphatic heterocycles. The van der Waals surface area contributed by atoms with Crippen LogP contribution in [0.1, 0.15) is 53.7 Å². The summed E-state index contributed by atoms with van der Waals surface area (Å²) in [7, 11) is 0. The van der Waals surface area contributed by atoms with Gasteiger partial charge in [-0.15, -0.1) is 0 Å². The zero-order valence-corrected chi connectivity index (χ0v) is 20.3. The molecule has 7 nitrogen and oxygen atoms in total. The molecule has 1 aromatic carbocycles. The summed E-state index contributed by atoms with van der Waals surface area (Å²) in [5.74, 6) is -0.943. The number of piperidine rings is 1. The van der Waals surface area contributed by atoms with Crippen LogP contribution in [0.25, 0.3) is 0 Å². The van der Waals surface area contributed by atoms with E-state index in [0.717, 1.165) is 12.8 Å². The molecule has 2 atom stereocenters. The van der Waals surface area contributed by atoms with E-state index in [4.69, 9.17) is 0 Å². The van der Waals surface area contributed by atoms with Crippen LogP contribution >= 0.6 is 0 Å². The molecule has 1 unspecified atom stereocenters. The number of aryl methyl sites for hydroxylation is 1. The third kappa shape index (κ3) is 5.95. The van der Waals surface area contributed by atoms with Crippen molar-refractivity contribution in [1.29, 1.82) is 0 Å². The third-order valence-electron chi connectivity index (χ3n) is 6.12. The Bertz CT molecular complexity index is 1160. The number of allylic oxidation sites excluding steroid dienone is 1. The average Bonchev–Trinajstić information content (AvgIpc) is 2.85. The number of amides is 1. The maximum Gasteiger partial charge on any atom is 0.419 e. The molecular weight excluding hydrogens is 476 g/mol. The number of amidine groups is 1. The van der Waals surface area contributed by atoms with Crippen molar-refractivity contribution in [3.63, 3.8) is 0 Å². The van der Waals surface area contributed by atoms with Gasteiger partial charge in [0.1, 0.15) is 5.82 Å². The van der Waals surface area contributed by atoms with Crippen LogP contribution in [-0.2, 0) is 6.18 Å². The van der Waals surface area contributed by atoms with Crippen LogP contribution in [0.5, 0.6) is 0 Å². The van der Waals surface area contributed by atoms with Gasteiger partial charge in [-0.2, -0.15) is 13.2 Å². The maximum atomic E-state index is 15.0. The van der Waals surface area contributed by atoms with E-state index < -0.39 is 17.6 Å². The number of likely N-dealkylation sites (tertiary alicyclic amines) is 1. The first-order valence-electron chi connectivity index (χ1n) is 11.5. The number of carbonyl (C=O) groups is 1. The minimum Gasteiger partial charge on any atom is -0.352 e. The summed E-state index contributed by atoms with van der Waals surface area (Å²) in [6.07, 6.45) is 1.58. The number of aliphatic imine (C=N–C) groups is 2. The van der Waals surface area contributed by atoms with Crippen LogP contribution in [0.3, 0.4) is 0 Å². The number of nitrogens with zero attached hydrogens (tertiary/aromatic N) is 5. The van der Waals surface area contributed by atoms with Gasteiger partial charge in [0, 0.05) is 31.7 Å². The van der Waals surface area contributed by atoms with Gasteiger partial charge >= 0.3 is 6.18 Å². The molecule has 3 rings (SSSR count). The molecule has 1 saturated heterocycles. The maximum absolute atomic E-state index is 15.0. The summed E-state index contributed by atoms with van der Waals surface area (Å²) in [6.45, 7) is 9.57. The molecule has 1 amide bonds. The predicted octanol–water partition coefficient (Wildman–Crippen LogP) is 5.28. The van der Waals surface area contributed by atoms with E-state index in [1.165, 1.54) is 18.3 Å². The first kappa shape index (κ1) is 27.0. The molecule has 0 bridgehead atoms. The normalized spacial score (nSPS) is 19.0. The molecule has 1 aliphatic rings. The van der Waals surface area contributed by atoms with E-state index in [1.54, 1.807) is 24.8 Å². The number of hydrogen-bond acceptors (Lipinski definition) is 5. The number of rotatable bonds is 6. The standard InChI is InChI=1S/C25H28F4N6O/c1-5-10-31-22(30-4)21-18(26)9-8-16(3)20(21)23(36)35-11-6-7-15(2)19(35)14-34-24-32-12-17(13-33-24)25(27,28)29/h5,8-10,12-13,15,19H,4,6-7,11,14H2,1-3H3,(H,32,33,34)/b10-5-,31-22?/t15-,19?/m1/s1. The van der Waals surface area contributed by atoms with Crippen molar-refractivity contribution >= 4 is 24.4 Å². The molecule has 192 valence electrons. The van der Waals surface area contributed by atoms with Gasteiger partial charge in [-0.25, -0.2) is 24.3 Å². The number of carbonyl (C=O) groups excluding carboxylic acids is 1. The van der Waals surface area contributed by atoms with Crippen molar-refractivity contribution in [2.45, 2.75) is 45.8 Å². The lowest BCUT2D eigenvalue weighted by Crippen LogP contribution is -2.51. The fourth-order valence-electron chi connectivity index (χ4n) is 4.22. The molecule has 0 aliphatic carbocycles. The number of halogens is 4. The van der Waals surface area contributed by atoms with E-state index >= 15 is 4.39 Å². The molecule has 1 N–H and O–H groups in total. The van der Waals surface area contributed by atoms with Crippen molar-refractivity contribution < 1.29 is 22.4 Å². The number of hydrogen-bond donors (Lipinski definition) is 1. The molecular formula is C25H28F4N6O. The van der Waals surface area contributed by atoms with Crippen molar-refractivity contribution in [3.8, 4) is 0 Å². The summed E-state index contributed by atoms with van der Waals surface area (Å²) in [5.41, 5.74) is -0.264. The summed E-state index contributed by atoms with van der Waals surface area (Å²) in [4.78, 5) is 31.0. The Hall–Kier alpha value is -3.63. The van der Waals surface area contributed by atoms with Crippen LogP contribution in [0.15, 0.2) is 46.8 Å². The van der Waals surface area contributed by atoms with E-state index in [1.807, 2.05) is 6.92 Å². The van der Waals surface area contributed by atoms with Gasteiger partial charge in [0.05, 0.1) is 22.7 Å². The molecule has 2 heterocycles. The van der Waals surface area contributed by atoms with Crippen molar-refractivity contribution in [3.05, 3.63) is 64.9 Å². The van der Waals surface area contributed by atoms with Crippen molar-refractivity contribution in [2.24, 2.45) is 15.9 Å². The lowest BCUT2D eigenvalue weighted by molar-refractivity contribution is -0.138. The second-order valence-corrected chi connectivity index (χ2v) is 8.57. The summed E-state index contributed by atoms with van der Waals surface area (Å²) < 4.78 is 53.4. The molecule has 1 aromatic heterocycles. The van der Waals surface area contributed by atoms with Crippen molar-refractivity contribution in [1.82, 2.24) is 14.9 Å². The quantitative estimate of drug-likeness (QED) is 0.330. The van der Waals surface area contributed by atoms with Gasteiger partial charge in [0.25, 0.3) is 5.91 Å². The lowest BCUT2D eigenvalue weighted by atomic mass is 9.89. The second kappa shape index (κ2) is 11.4. The predicted molar refractivity (Wildman–Crippen MR) is 131 cm³/mol. The monoisotopic (exact) mass is 504 g/mol. The smallest absolute Gasteiger partial charge is 0.352 e. The van der Waals surface area contributed by atoms with E-state index in [2.05, 4.69) is 32.0 Å². The third-order valence-corrected chi connectivity index (χ3v) is 6.12. The second-order valence-electron chi connectivity index (χ2n) is 8.57. The van der Waals surface area contributed by atoms with Gasteiger partial charge in [-0.1, -0.05) is 19.1 Å². The molecule has 0 radical (unpaired) electrons. The first-order valence-corrected chi connectivity index (χ1v) is 11.5. The van der Waals surface area contributed by atoms with E-state index in [-0.39, 0.29) is 47.3 Å². The fourth-order valence-corrected chi connectivity index (χ4v) is 4.22. The van der Waals surface area contributed by atoms with Crippen LogP contribution in [0.2, 0.25) is 0 Å². The highest BCUT2D eigenvalue weighted by Gasteiger charge is 2.35. The molecule has 11 heteroatoms. The van der Waals surface area contributed by atoms with Gasteiger partial charge < -0.3 is 10.2 Å². The Balaban J connectivity index is 1.92. The van der Waals surface area contributed by atoms with E-state index in [9.17, 15) is 18.0 Å². The summed E-state index contributed by atoms with van der Waals surface area (Å²) in [6, 6.07) is 2.46. The lowest BCUT2D eigenvalue weighted by Gasteiger charge is -2.40. The first-order chi connectivity index (χ1) is 17.1. The minimum absolute atomic E-state index is 0.00413. The Morgan fingerprint density at radius 2 is 1.97 bits per heavy atom. The number of alkyl halides is 3. The summed E-state index contributed by atoms with van der Waals surface area (Å²) >= 11 is 0. The number of aromatic nitrogens is 2. The molecule has 1 fully saturated rings. The Kier molecular flexibility index (Phi) is 8.54. The SMILES string of the molecule is C=NC(=N/C=C\C)c1c(F)ccc(C)c1C(=O)N1CCC[C@@H](C)C1CNc1ncc(C(F)(F)F)cn1. The van der Waals surface area contributed by atoms with Crippen LogP contribution in [0, 0.1) is 18.7 Å². The van der Waals surface area contributed by atoms with Crippen molar-refractivity contribution in [2.75, 3.05) is 18.4 Å². The summed E-state index contributed by atoms with van der Waals surface area (Å²) in [5, 5.41) is 2.94. The Morgan fingerprint density at radius 3 is 2.58 bits per heavy atom. The Labute approximate surface area is 207 Å². The molecule has 0 saturated carbocycles. The minimum atomic E-state index is -4.53. The highest BCUT2D eigenvalue weighted by molar-refractivity contribution is 6.11. The van der Waals surface area contributed by atoms with Gasteiger partial charge in [0.15, 0.2) is 5.84 Å². The van der Waals surface area contributed by atoms with Crippen LogP contribution in [0.4, 0.5) is 23.5 Å². The number of nitrogens with one attached hydrogen (secondary N) is 1. The van der Waals surface area contributed by atoms with Crippen LogP contribution in [-0.4, -0.2) is 52.5 Å². The van der Waals surface area contributed by atoms with E-state index in [0.29, 0.717) is 24.5 Å². The Morgan fingerprint density at radius 1 is 1.28 bits per heavy atom. The van der Waals surface area contributed by atoms with Gasteiger partial charge in [0.2, 0.25) is 5.95 Å². The highest BCUT2D eigenvalue weighted by atomic mass is 19.4. The van der Waals surface area contributed by atoms with Gasteiger partial charge in [-0.05, 0) is 51.0 Å². The zero-order valence-electron chi connectivity index (χ0n) is 20.3. The largest absolute Gasteiger partial charge is 0.419 e. The average molecular weight is 505 g/mol. The number of anilines is 1. The fraction of sp³-hybridized carbons (Fsp3) is 0.400. The van der Waals surface area contributed by atoms with Crippen LogP contribution < -0.4 is 5.32 Å². The zero-order chi connectivity index (χ0) is 26.5.